The van der Waals surface area contributed by atoms with Crippen LogP contribution in [0.5, 0.6) is 0 Å². The van der Waals surface area contributed by atoms with Crippen LogP contribution in [-0.2, 0) is 11.3 Å². The maximum atomic E-state index is 13.2. The predicted octanol–water partition coefficient (Wildman–Crippen LogP) is 3.09. The van der Waals surface area contributed by atoms with Crippen LogP contribution in [0.4, 0.5) is 0 Å². The number of rotatable bonds is 4. The molecule has 3 heterocycles. The molecule has 4 nitrogen and oxygen atoms in total. The van der Waals surface area contributed by atoms with Crippen molar-refractivity contribution in [3.05, 3.63) is 30.1 Å². The second-order valence-corrected chi connectivity index (χ2v) is 8.10. The van der Waals surface area contributed by atoms with Crippen LogP contribution in [0.25, 0.3) is 0 Å². The van der Waals surface area contributed by atoms with Crippen molar-refractivity contribution in [1.82, 2.24) is 14.8 Å². The number of carbonyl (C=O) groups is 1. The van der Waals surface area contributed by atoms with E-state index in [4.69, 9.17) is 0 Å². The summed E-state index contributed by atoms with van der Waals surface area (Å²) in [5.41, 5.74) is 1.10. The van der Waals surface area contributed by atoms with E-state index in [1.807, 2.05) is 24.5 Å². The third-order valence-corrected chi connectivity index (χ3v) is 6.37. The normalized spacial score (nSPS) is 29.0. The molecule has 1 spiro atoms. The van der Waals surface area contributed by atoms with Crippen LogP contribution < -0.4 is 0 Å². The Morgan fingerprint density at radius 2 is 1.88 bits per heavy atom. The highest BCUT2D eigenvalue weighted by atomic mass is 16.2. The number of hydrogen-bond acceptors (Lipinski definition) is 3. The van der Waals surface area contributed by atoms with Gasteiger partial charge in [-0.15, -0.1) is 0 Å². The van der Waals surface area contributed by atoms with Crippen LogP contribution in [0.1, 0.15) is 50.5 Å². The first-order valence-corrected chi connectivity index (χ1v) is 9.66. The molecule has 1 unspecified atom stereocenters. The van der Waals surface area contributed by atoms with E-state index >= 15 is 0 Å². The van der Waals surface area contributed by atoms with Crippen molar-refractivity contribution >= 4 is 5.91 Å². The molecule has 1 aromatic rings. The van der Waals surface area contributed by atoms with Crippen molar-refractivity contribution in [2.45, 2.75) is 51.5 Å². The molecular weight excluding hydrogens is 298 g/mol. The summed E-state index contributed by atoms with van der Waals surface area (Å²) < 4.78 is 0. The predicted molar refractivity (Wildman–Crippen MR) is 94.3 cm³/mol. The number of nitrogens with zero attached hydrogens (tertiary/aromatic N) is 3. The third kappa shape index (κ3) is 3.21. The lowest BCUT2D eigenvalue weighted by molar-refractivity contribution is -0.139. The minimum Gasteiger partial charge on any atom is -0.338 e. The Balaban J connectivity index is 1.40. The van der Waals surface area contributed by atoms with Crippen molar-refractivity contribution in [3.63, 3.8) is 0 Å². The summed E-state index contributed by atoms with van der Waals surface area (Å²) in [4.78, 5) is 21.9. The molecule has 3 fully saturated rings. The van der Waals surface area contributed by atoms with Gasteiger partial charge in [0.05, 0.1) is 5.41 Å². The molecule has 1 saturated carbocycles. The number of amides is 1. The summed E-state index contributed by atoms with van der Waals surface area (Å²) in [6, 6.07) is 4.04. The molecule has 130 valence electrons. The van der Waals surface area contributed by atoms with Gasteiger partial charge in [-0.3, -0.25) is 9.78 Å². The Morgan fingerprint density at radius 1 is 1.08 bits per heavy atom. The first kappa shape index (κ1) is 16.1. The van der Waals surface area contributed by atoms with Gasteiger partial charge in [-0.25, -0.2) is 0 Å². The van der Waals surface area contributed by atoms with Gasteiger partial charge in [0.1, 0.15) is 0 Å². The van der Waals surface area contributed by atoms with E-state index in [1.165, 1.54) is 50.8 Å². The van der Waals surface area contributed by atoms with E-state index < -0.39 is 0 Å². The molecule has 1 atom stereocenters. The van der Waals surface area contributed by atoms with E-state index in [2.05, 4.69) is 14.8 Å². The summed E-state index contributed by atoms with van der Waals surface area (Å²) in [5, 5.41) is 0. The summed E-state index contributed by atoms with van der Waals surface area (Å²) in [6.07, 6.45) is 12.5. The fourth-order valence-electron chi connectivity index (χ4n) is 5.07. The van der Waals surface area contributed by atoms with Crippen molar-refractivity contribution in [2.75, 3.05) is 26.2 Å². The van der Waals surface area contributed by atoms with E-state index in [9.17, 15) is 4.79 Å². The van der Waals surface area contributed by atoms with Gasteiger partial charge >= 0.3 is 0 Å². The van der Waals surface area contributed by atoms with Gasteiger partial charge in [0.2, 0.25) is 5.91 Å². The topological polar surface area (TPSA) is 36.4 Å². The molecule has 4 heteroatoms. The SMILES string of the molecule is O=C1N(Cc2ccncc2)CCC12CCCN(CC1CCCC1)C2. The molecule has 1 amide bonds. The summed E-state index contributed by atoms with van der Waals surface area (Å²) in [6.45, 7) is 5.06. The fraction of sp³-hybridized carbons (Fsp3) is 0.700. The highest BCUT2D eigenvalue weighted by Crippen LogP contribution is 2.41. The van der Waals surface area contributed by atoms with Crippen molar-refractivity contribution < 1.29 is 4.79 Å². The van der Waals surface area contributed by atoms with E-state index in [-0.39, 0.29) is 5.41 Å². The minimum atomic E-state index is -0.0934. The zero-order valence-electron chi connectivity index (χ0n) is 14.6. The maximum Gasteiger partial charge on any atom is 0.230 e. The lowest BCUT2D eigenvalue weighted by Gasteiger charge is -2.40. The quantitative estimate of drug-likeness (QED) is 0.853. The zero-order chi connectivity index (χ0) is 16.4. The number of aromatic nitrogens is 1. The summed E-state index contributed by atoms with van der Waals surface area (Å²) >= 11 is 0. The monoisotopic (exact) mass is 327 g/mol. The first-order valence-electron chi connectivity index (χ1n) is 9.66. The Kier molecular flexibility index (Phi) is 4.57. The number of likely N-dealkylation sites (tertiary alicyclic amines) is 2. The molecule has 0 radical (unpaired) electrons. The Bertz CT molecular complexity index is 570. The average Bonchev–Trinajstić information content (AvgIpc) is 3.21. The largest absolute Gasteiger partial charge is 0.338 e. The van der Waals surface area contributed by atoms with Crippen LogP contribution in [-0.4, -0.2) is 46.9 Å². The molecule has 24 heavy (non-hydrogen) atoms. The molecule has 2 saturated heterocycles. The van der Waals surface area contributed by atoms with E-state index in [0.29, 0.717) is 5.91 Å². The standard InChI is InChI=1S/C20H29N3O/c24-19-20(9-13-23(19)15-18-6-10-21-11-7-18)8-3-12-22(16-20)14-17-4-1-2-5-17/h6-7,10-11,17H,1-5,8-9,12-16H2. The van der Waals surface area contributed by atoms with Gasteiger partial charge in [0, 0.05) is 38.6 Å². The maximum absolute atomic E-state index is 13.2. The van der Waals surface area contributed by atoms with Crippen molar-refractivity contribution in [2.24, 2.45) is 11.3 Å². The third-order valence-electron chi connectivity index (χ3n) is 6.37. The Labute approximate surface area is 145 Å². The highest BCUT2D eigenvalue weighted by Gasteiger charge is 2.48. The number of piperidine rings is 1. The number of pyridine rings is 1. The van der Waals surface area contributed by atoms with Crippen LogP contribution in [0.3, 0.4) is 0 Å². The van der Waals surface area contributed by atoms with Gasteiger partial charge < -0.3 is 9.80 Å². The fourth-order valence-corrected chi connectivity index (χ4v) is 5.07. The molecule has 1 aromatic heterocycles. The zero-order valence-corrected chi connectivity index (χ0v) is 14.6. The Morgan fingerprint density at radius 3 is 2.67 bits per heavy atom. The van der Waals surface area contributed by atoms with Crippen LogP contribution in [0.2, 0.25) is 0 Å². The van der Waals surface area contributed by atoms with Gasteiger partial charge in [-0.1, -0.05) is 12.8 Å². The van der Waals surface area contributed by atoms with Gasteiger partial charge in [0.25, 0.3) is 0 Å². The smallest absolute Gasteiger partial charge is 0.230 e. The number of hydrogen-bond donors (Lipinski definition) is 0. The molecule has 0 N–H and O–H groups in total. The number of carbonyl (C=O) groups excluding carboxylic acids is 1. The first-order chi connectivity index (χ1) is 11.8. The molecule has 2 aliphatic heterocycles. The molecular formula is C20H29N3O. The van der Waals surface area contributed by atoms with Crippen LogP contribution in [0.15, 0.2) is 24.5 Å². The van der Waals surface area contributed by atoms with Crippen LogP contribution >= 0.6 is 0 Å². The second-order valence-electron chi connectivity index (χ2n) is 8.10. The molecule has 0 bridgehead atoms. The highest BCUT2D eigenvalue weighted by molar-refractivity contribution is 5.85. The lowest BCUT2D eigenvalue weighted by atomic mass is 9.78. The summed E-state index contributed by atoms with van der Waals surface area (Å²) in [7, 11) is 0. The van der Waals surface area contributed by atoms with Gasteiger partial charge in [0.15, 0.2) is 0 Å². The Hall–Kier alpha value is -1.42. The minimum absolute atomic E-state index is 0.0934. The van der Waals surface area contributed by atoms with Crippen molar-refractivity contribution in [1.29, 1.82) is 0 Å². The van der Waals surface area contributed by atoms with E-state index in [1.54, 1.807) is 0 Å². The lowest BCUT2D eigenvalue weighted by Crippen LogP contribution is -2.48. The molecule has 1 aliphatic carbocycles. The van der Waals surface area contributed by atoms with Gasteiger partial charge in [-0.2, -0.15) is 0 Å². The summed E-state index contributed by atoms with van der Waals surface area (Å²) in [5.74, 6) is 1.28. The van der Waals surface area contributed by atoms with Gasteiger partial charge in [-0.05, 0) is 62.3 Å². The average molecular weight is 327 g/mol. The van der Waals surface area contributed by atoms with Crippen molar-refractivity contribution in [3.8, 4) is 0 Å². The molecule has 4 rings (SSSR count). The second kappa shape index (κ2) is 6.83. The van der Waals surface area contributed by atoms with E-state index in [0.717, 1.165) is 38.4 Å². The molecule has 3 aliphatic rings. The molecule has 0 aromatic carbocycles. The van der Waals surface area contributed by atoms with Crippen LogP contribution in [0, 0.1) is 11.3 Å².